The summed E-state index contributed by atoms with van der Waals surface area (Å²) >= 11 is 1.72. The van der Waals surface area contributed by atoms with Crippen molar-refractivity contribution in [2.75, 3.05) is 32.8 Å². The molecule has 6 nitrogen and oxygen atoms in total. The number of nitrogens with zero attached hydrogens (tertiary/aromatic N) is 2. The normalized spacial score (nSPS) is 27.5. The Kier molecular flexibility index (Phi) is 7.35. The predicted molar refractivity (Wildman–Crippen MR) is 101 cm³/mol. The number of ether oxygens (including phenoxy) is 1. The van der Waals surface area contributed by atoms with Crippen LogP contribution in [0.3, 0.4) is 0 Å². The first kappa shape index (κ1) is 23.0. The van der Waals surface area contributed by atoms with Gasteiger partial charge in [0, 0.05) is 38.6 Å². The fourth-order valence-corrected chi connectivity index (χ4v) is 4.78. The van der Waals surface area contributed by atoms with Crippen LogP contribution in [0.2, 0.25) is 0 Å². The van der Waals surface area contributed by atoms with E-state index in [9.17, 15) is 22.4 Å². The number of amides is 1. The number of rotatable bonds is 3. The van der Waals surface area contributed by atoms with E-state index in [1.165, 1.54) is 5.56 Å². The summed E-state index contributed by atoms with van der Waals surface area (Å²) in [4.78, 5) is 25.9. The molecule has 1 amide bonds. The third-order valence-electron chi connectivity index (χ3n) is 5.67. The minimum absolute atomic E-state index is 0.0383. The van der Waals surface area contributed by atoms with E-state index in [4.69, 9.17) is 14.6 Å². The van der Waals surface area contributed by atoms with Gasteiger partial charge in [-0.3, -0.25) is 9.69 Å². The zero-order chi connectivity index (χ0) is 21.9. The van der Waals surface area contributed by atoms with Gasteiger partial charge in [0.15, 0.2) is 0 Å². The highest BCUT2D eigenvalue weighted by atomic mass is 32.1. The van der Waals surface area contributed by atoms with Gasteiger partial charge in [0.05, 0.1) is 18.6 Å². The smallest absolute Gasteiger partial charge is 0.475 e. The zero-order valence-corrected chi connectivity index (χ0v) is 17.0. The second kappa shape index (κ2) is 9.61. The molecule has 3 atom stereocenters. The van der Waals surface area contributed by atoms with Crippen molar-refractivity contribution in [3.63, 3.8) is 0 Å². The van der Waals surface area contributed by atoms with Crippen LogP contribution < -0.4 is 0 Å². The number of thiophene rings is 1. The lowest BCUT2D eigenvalue weighted by atomic mass is 9.91. The van der Waals surface area contributed by atoms with Crippen LogP contribution in [0.1, 0.15) is 18.4 Å². The van der Waals surface area contributed by atoms with Gasteiger partial charge in [0.25, 0.3) is 0 Å². The van der Waals surface area contributed by atoms with Gasteiger partial charge in [-0.05, 0) is 35.2 Å². The molecule has 168 valence electrons. The number of piperidine rings is 1. The summed E-state index contributed by atoms with van der Waals surface area (Å²) in [6, 6.07) is 2.16. The third kappa shape index (κ3) is 5.70. The number of hydrogen-bond donors (Lipinski definition) is 1. The number of halogens is 4. The monoisotopic (exact) mass is 452 g/mol. The van der Waals surface area contributed by atoms with E-state index >= 15 is 0 Å². The van der Waals surface area contributed by atoms with Gasteiger partial charge in [-0.2, -0.15) is 24.5 Å². The summed E-state index contributed by atoms with van der Waals surface area (Å²) in [5.74, 6) is -2.32. The maximum Gasteiger partial charge on any atom is 0.490 e. The Bertz CT molecular complexity index is 723. The summed E-state index contributed by atoms with van der Waals surface area (Å²) in [7, 11) is 0. The Labute approximate surface area is 175 Å². The Morgan fingerprint density at radius 2 is 1.90 bits per heavy atom. The topological polar surface area (TPSA) is 70.1 Å². The Morgan fingerprint density at radius 3 is 2.47 bits per heavy atom. The molecule has 3 fully saturated rings. The van der Waals surface area contributed by atoms with Crippen LogP contribution in [0, 0.1) is 11.8 Å². The van der Waals surface area contributed by atoms with E-state index < -0.39 is 18.3 Å². The van der Waals surface area contributed by atoms with Gasteiger partial charge in [-0.1, -0.05) is 0 Å². The molecule has 30 heavy (non-hydrogen) atoms. The van der Waals surface area contributed by atoms with Crippen molar-refractivity contribution in [3.05, 3.63) is 22.4 Å². The third-order valence-corrected chi connectivity index (χ3v) is 6.41. The molecular weight excluding hydrogens is 428 g/mol. The van der Waals surface area contributed by atoms with Crippen LogP contribution in [0.5, 0.6) is 0 Å². The molecule has 1 aromatic heterocycles. The van der Waals surface area contributed by atoms with E-state index in [0.717, 1.165) is 19.6 Å². The number of hydrogen-bond acceptors (Lipinski definition) is 5. The molecule has 1 aromatic rings. The highest BCUT2D eigenvalue weighted by Gasteiger charge is 2.48. The molecule has 3 aliphatic rings. The first-order chi connectivity index (χ1) is 14.1. The minimum atomic E-state index is -5.08. The van der Waals surface area contributed by atoms with Crippen LogP contribution in [0.15, 0.2) is 16.8 Å². The summed E-state index contributed by atoms with van der Waals surface area (Å²) in [6.45, 7) is 4.44. The number of carbonyl (C=O) groups is 2. The molecule has 4 heterocycles. The Hall–Kier alpha value is -1.72. The summed E-state index contributed by atoms with van der Waals surface area (Å²) in [5.41, 5.74) is 1.34. The van der Waals surface area contributed by atoms with E-state index in [-0.39, 0.29) is 17.9 Å². The number of carboxylic acid groups (broad SMARTS) is 1. The number of fused-ring (bicyclic) bond motifs is 1. The molecule has 0 aliphatic carbocycles. The Morgan fingerprint density at radius 1 is 1.23 bits per heavy atom. The molecule has 4 rings (SSSR count). The van der Waals surface area contributed by atoms with Crippen LogP contribution in [-0.4, -0.2) is 78.0 Å². The standard InChI is InChI=1S/C17H23FN2O2S.C2HF3O2/c18-13-1-4-20(5-2-13)17(21)15-10-22-16-9-19(8-14(15)16)7-12-3-6-23-11-12;3-2(4,5)1(6)7/h3,6,11,13-16H,1-2,4-5,7-10H2;(H,6,7)/t14-,15-,16-;/m1./s1. The number of carbonyl (C=O) groups excluding carboxylic acids is 1. The van der Waals surface area contributed by atoms with Gasteiger partial charge in [-0.15, -0.1) is 0 Å². The summed E-state index contributed by atoms with van der Waals surface area (Å²) in [5, 5.41) is 11.4. The molecule has 3 saturated heterocycles. The highest BCUT2D eigenvalue weighted by Crippen LogP contribution is 2.36. The molecule has 0 unspecified atom stereocenters. The maximum atomic E-state index is 13.3. The number of alkyl halides is 4. The second-order valence-electron chi connectivity index (χ2n) is 7.77. The van der Waals surface area contributed by atoms with E-state index in [0.29, 0.717) is 38.5 Å². The Balaban J connectivity index is 0.000000318. The lowest BCUT2D eigenvalue weighted by Crippen LogP contribution is -2.44. The number of carboxylic acids is 1. The molecule has 0 radical (unpaired) electrons. The summed E-state index contributed by atoms with van der Waals surface area (Å²) in [6.07, 6.45) is -4.67. The first-order valence-corrected chi connectivity index (χ1v) is 10.7. The highest BCUT2D eigenvalue weighted by molar-refractivity contribution is 7.07. The SMILES string of the molecule is O=C(O)C(F)(F)F.O=C([C@@H]1CO[C@@H]2CN(Cc3ccsc3)C[C@@H]21)N1CCC(F)CC1. The molecular formula is C19H24F4N2O4S. The van der Waals surface area contributed by atoms with Crippen molar-refractivity contribution in [1.82, 2.24) is 9.80 Å². The lowest BCUT2D eigenvalue weighted by Gasteiger charge is -2.31. The fourth-order valence-electron chi connectivity index (χ4n) is 4.12. The number of aliphatic carboxylic acids is 1. The van der Waals surface area contributed by atoms with Crippen molar-refractivity contribution in [2.24, 2.45) is 11.8 Å². The van der Waals surface area contributed by atoms with Gasteiger partial charge in [0.2, 0.25) is 5.91 Å². The second-order valence-corrected chi connectivity index (χ2v) is 8.55. The lowest BCUT2D eigenvalue weighted by molar-refractivity contribution is -0.192. The van der Waals surface area contributed by atoms with Crippen molar-refractivity contribution in [1.29, 1.82) is 0 Å². The van der Waals surface area contributed by atoms with Crippen LogP contribution in [-0.2, 0) is 20.9 Å². The fraction of sp³-hybridized carbons (Fsp3) is 0.684. The molecule has 0 saturated carbocycles. The first-order valence-electron chi connectivity index (χ1n) is 9.73. The average molecular weight is 452 g/mol. The van der Waals surface area contributed by atoms with Gasteiger partial charge >= 0.3 is 12.1 Å². The molecule has 11 heteroatoms. The van der Waals surface area contributed by atoms with E-state index in [1.54, 1.807) is 11.3 Å². The van der Waals surface area contributed by atoms with Crippen LogP contribution in [0.4, 0.5) is 17.6 Å². The van der Waals surface area contributed by atoms with Crippen molar-refractivity contribution < 1.29 is 37.0 Å². The predicted octanol–water partition coefficient (Wildman–Crippen LogP) is 2.79. The molecule has 1 N–H and O–H groups in total. The van der Waals surface area contributed by atoms with Crippen molar-refractivity contribution >= 4 is 23.2 Å². The van der Waals surface area contributed by atoms with Crippen LogP contribution in [0.25, 0.3) is 0 Å². The maximum absolute atomic E-state index is 13.3. The average Bonchev–Trinajstić information content (AvgIpc) is 3.39. The van der Waals surface area contributed by atoms with Gasteiger partial charge < -0.3 is 14.7 Å². The molecule has 0 aromatic carbocycles. The largest absolute Gasteiger partial charge is 0.490 e. The van der Waals surface area contributed by atoms with Gasteiger partial charge in [-0.25, -0.2) is 9.18 Å². The summed E-state index contributed by atoms with van der Waals surface area (Å²) < 4.78 is 50.9. The quantitative estimate of drug-likeness (QED) is 0.715. The van der Waals surface area contributed by atoms with E-state index in [1.807, 2.05) is 4.90 Å². The zero-order valence-electron chi connectivity index (χ0n) is 16.2. The minimum Gasteiger partial charge on any atom is -0.475 e. The molecule has 3 aliphatic heterocycles. The molecule has 0 bridgehead atoms. The van der Waals surface area contributed by atoms with Crippen molar-refractivity contribution in [3.8, 4) is 0 Å². The molecule has 0 spiro atoms. The van der Waals surface area contributed by atoms with Gasteiger partial charge in [0.1, 0.15) is 6.17 Å². The van der Waals surface area contributed by atoms with Crippen LogP contribution >= 0.6 is 11.3 Å². The van der Waals surface area contributed by atoms with Crippen molar-refractivity contribution in [2.45, 2.75) is 37.8 Å². The number of likely N-dealkylation sites (tertiary alicyclic amines) is 2. The van der Waals surface area contributed by atoms with E-state index in [2.05, 4.69) is 21.7 Å².